The highest BCUT2D eigenvalue weighted by molar-refractivity contribution is 5.76. The fraction of sp³-hybridized carbons (Fsp3) is 0.759. The molecule has 0 saturated carbocycles. The number of aliphatic hydroxyl groups excluding tert-OH is 11. The number of aliphatic hydroxyl groups is 11. The molecule has 19 nitrogen and oxygen atoms in total. The molecular weight excluding hydrogens is 1250 g/mol. The molecule has 0 radical (unpaired) electrons. The van der Waals surface area contributed by atoms with Crippen LogP contribution < -0.4 is 5.32 Å². The Labute approximate surface area is 589 Å². The lowest BCUT2D eigenvalue weighted by molar-refractivity contribution is -0.379. The minimum atomic E-state index is -1.99. The number of allylic oxidation sites excluding steroid dienone is 17. The predicted octanol–water partition coefficient (Wildman–Crippen LogP) is 11.8. The maximum Gasteiger partial charge on any atom is 0.220 e. The largest absolute Gasteiger partial charge is 0.394 e. The minimum Gasteiger partial charge on any atom is -0.394 e. The van der Waals surface area contributed by atoms with E-state index in [9.17, 15) is 61.0 Å². The number of nitrogens with one attached hydrogen (secondary N) is 1. The Kier molecular flexibility index (Phi) is 53.3. The summed E-state index contributed by atoms with van der Waals surface area (Å²) in [5.74, 6) is -0.295. The summed E-state index contributed by atoms with van der Waals surface area (Å²) in [7, 11) is 0. The van der Waals surface area contributed by atoms with Gasteiger partial charge in [0, 0.05) is 6.42 Å². The first kappa shape index (κ1) is 88.7. The van der Waals surface area contributed by atoms with Crippen LogP contribution >= 0.6 is 0 Å². The second kappa shape index (κ2) is 58.9. The highest BCUT2D eigenvalue weighted by atomic mass is 16.8. The highest BCUT2D eigenvalue weighted by Gasteiger charge is 2.53. The van der Waals surface area contributed by atoms with E-state index in [1.807, 2.05) is 6.08 Å². The first-order valence-corrected chi connectivity index (χ1v) is 38.1. The molecule has 3 aliphatic rings. The first-order valence-electron chi connectivity index (χ1n) is 38.1. The van der Waals surface area contributed by atoms with Gasteiger partial charge in [0.25, 0.3) is 0 Å². The monoisotopic (exact) mass is 1390 g/mol. The zero-order valence-electron chi connectivity index (χ0n) is 60.0. The summed E-state index contributed by atoms with van der Waals surface area (Å²) in [6, 6.07) is -1.01. The number of carbonyl (C=O) groups excluding carboxylic acids is 1. The molecule has 3 heterocycles. The van der Waals surface area contributed by atoms with Gasteiger partial charge in [0.1, 0.15) is 73.2 Å². The fourth-order valence-corrected chi connectivity index (χ4v) is 12.2. The molecule has 3 fully saturated rings. The van der Waals surface area contributed by atoms with E-state index in [4.69, 9.17) is 28.4 Å². The quantitative estimate of drug-likeness (QED) is 0.0199. The maximum atomic E-state index is 13.5. The van der Waals surface area contributed by atoms with Gasteiger partial charge in [-0.25, -0.2) is 0 Å². The van der Waals surface area contributed by atoms with Crippen LogP contribution in [0.1, 0.15) is 251 Å². The van der Waals surface area contributed by atoms with Crippen LogP contribution in [0.15, 0.2) is 109 Å². The van der Waals surface area contributed by atoms with Crippen molar-refractivity contribution >= 4 is 5.91 Å². The summed E-state index contributed by atoms with van der Waals surface area (Å²) in [5.41, 5.74) is 0. The SMILES string of the molecule is CC/C=C\C/C=C\C/C=C\C/C=C\C/C=C\C/C=C\CCCCCCCCCCCCCCC(=O)NC(COC1OC(CO)C(OC2OC(CO)C(OC3OC(CO)C(O)C(O)C3O)C(O)C2O)C(O)C1O)C(O)/C=C/CC/C=C/CC/C=C/CCCCCCCCCCCCCC. The average molecular weight is 1390 g/mol. The van der Waals surface area contributed by atoms with E-state index in [0.717, 1.165) is 96.3 Å². The van der Waals surface area contributed by atoms with Crippen molar-refractivity contribution in [2.75, 3.05) is 26.4 Å². The Hall–Kier alpha value is -3.55. The lowest BCUT2D eigenvalue weighted by atomic mass is 9.96. The van der Waals surface area contributed by atoms with Crippen LogP contribution in [0.2, 0.25) is 0 Å². The fourth-order valence-electron chi connectivity index (χ4n) is 12.2. The smallest absolute Gasteiger partial charge is 0.220 e. The zero-order chi connectivity index (χ0) is 71.1. The predicted molar refractivity (Wildman–Crippen MR) is 387 cm³/mol. The van der Waals surface area contributed by atoms with Crippen LogP contribution in [0.5, 0.6) is 0 Å². The Morgan fingerprint density at radius 3 is 1.14 bits per heavy atom. The highest BCUT2D eigenvalue weighted by Crippen LogP contribution is 2.33. The van der Waals surface area contributed by atoms with E-state index in [0.29, 0.717) is 12.8 Å². The van der Waals surface area contributed by atoms with Gasteiger partial charge in [-0.3, -0.25) is 4.79 Å². The molecule has 3 saturated heterocycles. The van der Waals surface area contributed by atoms with Gasteiger partial charge in [-0.1, -0.05) is 258 Å². The van der Waals surface area contributed by atoms with Crippen LogP contribution in [0.25, 0.3) is 0 Å². The van der Waals surface area contributed by atoms with Crippen molar-refractivity contribution in [3.05, 3.63) is 109 Å². The Balaban J connectivity index is 1.41. The second-order valence-electron chi connectivity index (χ2n) is 26.7. The number of amides is 1. The van der Waals surface area contributed by atoms with E-state index in [1.165, 1.54) is 122 Å². The van der Waals surface area contributed by atoms with Crippen molar-refractivity contribution < 1.29 is 89.4 Å². The van der Waals surface area contributed by atoms with Gasteiger partial charge in [0.05, 0.1) is 38.6 Å². The standard InChI is InChI=1S/C79H135NO18/c1-3-5-7-9-11-13-15-17-19-21-23-25-27-28-29-30-31-32-33-34-35-37-39-41-43-45-47-49-51-53-55-57-67(85)80-62(63(84)56-54-52-50-48-46-44-42-40-38-36-26-24-22-20-18-16-14-12-10-8-6-4-2)61-93-77-73(91)70(88)75(65(59-82)95-77)98-79-74(92)71(89)76(66(60-83)96-79)97-78-72(90)69(87)68(86)64(58-81)94-78/h5,7,11,13,17,19,23,25,28-29,31-32,38,40,46,48,54,56,62-66,68-79,81-84,86-92H,3-4,6,8-10,12,14-16,18,20-22,24,26-27,30,33-37,39,41-45,47,49-53,55,57-61H2,1-2H3,(H,80,85)/b7-5-,13-11-,19-17-,25-23-,29-28-,32-31-,40-38+,48-46+,56-54+. The van der Waals surface area contributed by atoms with Crippen molar-refractivity contribution in [2.24, 2.45) is 0 Å². The molecule has 19 heteroatoms. The van der Waals surface area contributed by atoms with Gasteiger partial charge in [0.15, 0.2) is 18.9 Å². The number of ether oxygens (including phenoxy) is 6. The topological polar surface area (TPSA) is 307 Å². The molecule has 0 aromatic rings. The number of carbonyl (C=O) groups is 1. The molecule has 0 bridgehead atoms. The van der Waals surface area contributed by atoms with Crippen LogP contribution in [0.3, 0.4) is 0 Å². The lowest BCUT2D eigenvalue weighted by Crippen LogP contribution is -2.66. The molecule has 98 heavy (non-hydrogen) atoms. The van der Waals surface area contributed by atoms with E-state index in [-0.39, 0.29) is 18.9 Å². The lowest BCUT2D eigenvalue weighted by Gasteiger charge is -2.48. The number of rotatable bonds is 58. The minimum absolute atomic E-state index is 0.223. The third-order valence-corrected chi connectivity index (χ3v) is 18.3. The van der Waals surface area contributed by atoms with Crippen molar-refractivity contribution in [3.63, 3.8) is 0 Å². The van der Waals surface area contributed by atoms with Gasteiger partial charge in [-0.2, -0.15) is 0 Å². The van der Waals surface area contributed by atoms with Crippen LogP contribution in [0.4, 0.5) is 0 Å². The molecule has 17 unspecified atom stereocenters. The summed E-state index contributed by atoms with van der Waals surface area (Å²) in [6.07, 6.45) is 53.5. The van der Waals surface area contributed by atoms with E-state index < -0.39 is 124 Å². The third-order valence-electron chi connectivity index (χ3n) is 18.3. The summed E-state index contributed by atoms with van der Waals surface area (Å²) < 4.78 is 34.4. The Bertz CT molecular complexity index is 2200. The molecule has 0 aliphatic carbocycles. The van der Waals surface area contributed by atoms with Gasteiger partial charge in [0.2, 0.25) is 5.91 Å². The zero-order valence-corrected chi connectivity index (χ0v) is 60.0. The Morgan fingerprint density at radius 1 is 0.378 bits per heavy atom. The van der Waals surface area contributed by atoms with Gasteiger partial charge < -0.3 is 89.9 Å². The molecular formula is C79H135NO18. The van der Waals surface area contributed by atoms with Crippen molar-refractivity contribution in [3.8, 4) is 0 Å². The van der Waals surface area contributed by atoms with E-state index in [1.54, 1.807) is 6.08 Å². The molecule has 3 rings (SSSR count). The van der Waals surface area contributed by atoms with Crippen molar-refractivity contribution in [1.29, 1.82) is 0 Å². The maximum absolute atomic E-state index is 13.5. The summed E-state index contributed by atoms with van der Waals surface area (Å²) in [5, 5.41) is 121. The van der Waals surface area contributed by atoms with Crippen LogP contribution in [-0.4, -0.2) is 193 Å². The number of hydrogen-bond acceptors (Lipinski definition) is 18. The van der Waals surface area contributed by atoms with Crippen LogP contribution in [0, 0.1) is 0 Å². The molecule has 1 amide bonds. The normalized spacial score (nSPS) is 27.4. The second-order valence-corrected chi connectivity index (χ2v) is 26.7. The summed E-state index contributed by atoms with van der Waals surface area (Å²) in [6.45, 7) is 1.60. The molecule has 564 valence electrons. The summed E-state index contributed by atoms with van der Waals surface area (Å²) in [4.78, 5) is 13.5. The molecule has 12 N–H and O–H groups in total. The van der Waals surface area contributed by atoms with E-state index >= 15 is 0 Å². The van der Waals surface area contributed by atoms with Gasteiger partial charge in [-0.15, -0.1) is 0 Å². The summed E-state index contributed by atoms with van der Waals surface area (Å²) >= 11 is 0. The van der Waals surface area contributed by atoms with Crippen LogP contribution in [-0.2, 0) is 33.2 Å². The van der Waals surface area contributed by atoms with Crippen molar-refractivity contribution in [2.45, 2.75) is 356 Å². The molecule has 3 aliphatic heterocycles. The van der Waals surface area contributed by atoms with Gasteiger partial charge in [-0.05, 0) is 96.3 Å². The Morgan fingerprint density at radius 2 is 0.714 bits per heavy atom. The molecule has 0 aromatic carbocycles. The molecule has 0 spiro atoms. The first-order chi connectivity index (χ1) is 47.8. The molecule has 17 atom stereocenters. The third kappa shape index (κ3) is 39.2. The average Bonchev–Trinajstić information content (AvgIpc) is 0.785. The number of hydrogen-bond donors (Lipinski definition) is 12. The molecule has 0 aromatic heterocycles. The van der Waals surface area contributed by atoms with Gasteiger partial charge >= 0.3 is 0 Å². The van der Waals surface area contributed by atoms with E-state index in [2.05, 4.69) is 116 Å². The number of unbranched alkanes of at least 4 members (excludes halogenated alkanes) is 26. The van der Waals surface area contributed by atoms with Crippen molar-refractivity contribution in [1.82, 2.24) is 5.32 Å².